The highest BCUT2D eigenvalue weighted by atomic mass is 16.5. The van der Waals surface area contributed by atoms with Crippen LogP contribution < -0.4 is 0 Å². The van der Waals surface area contributed by atoms with Crippen LogP contribution in [-0.2, 0) is 11.3 Å². The largest absolute Gasteiger partial charge is 0.456 e. The fourth-order valence-electron chi connectivity index (χ4n) is 2.74. The van der Waals surface area contributed by atoms with Gasteiger partial charge in [0.15, 0.2) is 11.5 Å². The lowest BCUT2D eigenvalue weighted by Crippen LogP contribution is -2.07. The predicted molar refractivity (Wildman–Crippen MR) is 103 cm³/mol. The summed E-state index contributed by atoms with van der Waals surface area (Å²) in [5.41, 5.74) is 2.67. The molecule has 0 N–H and O–H groups in total. The second-order valence-corrected chi connectivity index (χ2v) is 5.99. The molecule has 0 aliphatic carbocycles. The molecule has 0 unspecified atom stereocenters. The number of oxazole rings is 1. The molecule has 4 nitrogen and oxygen atoms in total. The molecule has 0 spiro atoms. The van der Waals surface area contributed by atoms with E-state index in [1.54, 1.807) is 0 Å². The lowest BCUT2D eigenvalue weighted by atomic mass is 10.1. The van der Waals surface area contributed by atoms with Crippen molar-refractivity contribution in [2.45, 2.75) is 6.61 Å². The number of ether oxygens (including phenoxy) is 1. The van der Waals surface area contributed by atoms with Crippen LogP contribution in [0.5, 0.6) is 0 Å². The fraction of sp³-hybridized carbons (Fsp3) is 0.0435. The molecule has 0 radical (unpaired) electrons. The number of carbonyl (C=O) groups is 1. The normalized spacial score (nSPS) is 10.5. The molecule has 4 rings (SSSR count). The number of aromatic nitrogens is 1. The Balaban J connectivity index is 1.67. The first kappa shape index (κ1) is 16.8. The number of nitrogens with zero attached hydrogens (tertiary/aromatic N) is 1. The number of carbonyl (C=O) groups excluding carboxylic acids is 1. The summed E-state index contributed by atoms with van der Waals surface area (Å²) in [6.07, 6.45) is 0. The highest BCUT2D eigenvalue weighted by Gasteiger charge is 2.23. The smallest absolute Gasteiger partial charge is 0.361 e. The molecule has 0 saturated heterocycles. The SMILES string of the molecule is O=C(OCc1ccccc1)c1nc(-c2ccccc2)oc1-c1ccccc1. The van der Waals surface area contributed by atoms with Crippen LogP contribution in [-0.4, -0.2) is 11.0 Å². The van der Waals surface area contributed by atoms with Crippen LogP contribution in [0.2, 0.25) is 0 Å². The zero-order valence-electron chi connectivity index (χ0n) is 14.5. The van der Waals surface area contributed by atoms with Crippen molar-refractivity contribution in [1.82, 2.24) is 4.98 Å². The van der Waals surface area contributed by atoms with Crippen molar-refractivity contribution in [3.05, 3.63) is 102 Å². The summed E-state index contributed by atoms with van der Waals surface area (Å²) in [6.45, 7) is 0.182. The molecule has 0 bridgehead atoms. The molecule has 0 aliphatic rings. The average Bonchev–Trinajstić information content (AvgIpc) is 3.20. The van der Waals surface area contributed by atoms with Gasteiger partial charge in [-0.3, -0.25) is 0 Å². The van der Waals surface area contributed by atoms with Crippen LogP contribution in [0.1, 0.15) is 16.1 Å². The predicted octanol–water partition coefficient (Wildman–Crippen LogP) is 5.37. The van der Waals surface area contributed by atoms with E-state index < -0.39 is 5.97 Å². The Labute approximate surface area is 157 Å². The van der Waals surface area contributed by atoms with E-state index in [-0.39, 0.29) is 12.3 Å². The summed E-state index contributed by atoms with van der Waals surface area (Å²) in [6, 6.07) is 28.5. The molecule has 0 saturated carbocycles. The minimum Gasteiger partial charge on any atom is -0.456 e. The Hall–Kier alpha value is -3.66. The number of hydrogen-bond donors (Lipinski definition) is 0. The molecule has 0 aliphatic heterocycles. The van der Waals surface area contributed by atoms with E-state index >= 15 is 0 Å². The Morgan fingerprint density at radius 3 is 1.96 bits per heavy atom. The standard InChI is InChI=1S/C23H17NO3/c25-23(26-16-17-10-4-1-5-11-17)20-21(18-12-6-2-7-13-18)27-22(24-20)19-14-8-3-9-15-19/h1-15H,16H2. The van der Waals surface area contributed by atoms with Gasteiger partial charge in [-0.25, -0.2) is 9.78 Å². The molecule has 3 aromatic carbocycles. The van der Waals surface area contributed by atoms with E-state index in [0.717, 1.165) is 16.7 Å². The number of esters is 1. The fourth-order valence-corrected chi connectivity index (χ4v) is 2.74. The van der Waals surface area contributed by atoms with Crippen molar-refractivity contribution < 1.29 is 13.9 Å². The Morgan fingerprint density at radius 1 is 0.778 bits per heavy atom. The third-order valence-corrected chi connectivity index (χ3v) is 4.09. The van der Waals surface area contributed by atoms with Crippen molar-refractivity contribution >= 4 is 5.97 Å². The summed E-state index contributed by atoms with van der Waals surface area (Å²) >= 11 is 0. The second kappa shape index (κ2) is 7.70. The zero-order valence-corrected chi connectivity index (χ0v) is 14.5. The molecule has 0 fully saturated rings. The Morgan fingerprint density at radius 2 is 1.33 bits per heavy atom. The van der Waals surface area contributed by atoms with Gasteiger partial charge in [0, 0.05) is 11.1 Å². The monoisotopic (exact) mass is 355 g/mol. The zero-order chi connectivity index (χ0) is 18.5. The third kappa shape index (κ3) is 3.80. The summed E-state index contributed by atoms with van der Waals surface area (Å²) in [7, 11) is 0. The first-order valence-electron chi connectivity index (χ1n) is 8.64. The quantitative estimate of drug-likeness (QED) is 0.452. The van der Waals surface area contributed by atoms with Crippen LogP contribution in [0.15, 0.2) is 95.4 Å². The molecular weight excluding hydrogens is 338 g/mol. The van der Waals surface area contributed by atoms with E-state index in [0.29, 0.717) is 11.7 Å². The molecule has 4 aromatic rings. The minimum absolute atomic E-state index is 0.177. The van der Waals surface area contributed by atoms with Crippen LogP contribution in [0.25, 0.3) is 22.8 Å². The van der Waals surface area contributed by atoms with E-state index in [4.69, 9.17) is 9.15 Å². The first-order chi connectivity index (χ1) is 13.3. The maximum absolute atomic E-state index is 12.7. The maximum Gasteiger partial charge on any atom is 0.361 e. The highest BCUT2D eigenvalue weighted by molar-refractivity contribution is 5.94. The van der Waals surface area contributed by atoms with Gasteiger partial charge >= 0.3 is 5.97 Å². The highest BCUT2D eigenvalue weighted by Crippen LogP contribution is 2.30. The summed E-state index contributed by atoms with van der Waals surface area (Å²) in [5.74, 6) is 0.289. The summed E-state index contributed by atoms with van der Waals surface area (Å²) < 4.78 is 11.4. The van der Waals surface area contributed by atoms with E-state index in [2.05, 4.69) is 4.98 Å². The average molecular weight is 355 g/mol. The van der Waals surface area contributed by atoms with E-state index in [9.17, 15) is 4.79 Å². The molecule has 132 valence electrons. The molecule has 0 amide bonds. The van der Waals surface area contributed by atoms with Crippen molar-refractivity contribution in [2.24, 2.45) is 0 Å². The molecule has 27 heavy (non-hydrogen) atoms. The number of benzene rings is 3. The van der Waals surface area contributed by atoms with Crippen LogP contribution in [0.3, 0.4) is 0 Å². The Kier molecular flexibility index (Phi) is 4.79. The molecule has 1 aromatic heterocycles. The van der Waals surface area contributed by atoms with Gasteiger partial charge in [-0.1, -0.05) is 78.9 Å². The third-order valence-electron chi connectivity index (χ3n) is 4.09. The lowest BCUT2D eigenvalue weighted by Gasteiger charge is -2.04. The summed E-state index contributed by atoms with van der Waals surface area (Å²) in [4.78, 5) is 17.1. The topological polar surface area (TPSA) is 52.3 Å². The van der Waals surface area contributed by atoms with Crippen molar-refractivity contribution in [2.75, 3.05) is 0 Å². The van der Waals surface area contributed by atoms with Crippen LogP contribution in [0, 0.1) is 0 Å². The van der Waals surface area contributed by atoms with Crippen molar-refractivity contribution in [1.29, 1.82) is 0 Å². The minimum atomic E-state index is -0.511. The van der Waals surface area contributed by atoms with Gasteiger partial charge in [-0.05, 0) is 17.7 Å². The summed E-state index contributed by atoms with van der Waals surface area (Å²) in [5, 5.41) is 0. The van der Waals surface area contributed by atoms with Crippen LogP contribution in [0.4, 0.5) is 0 Å². The van der Waals surface area contributed by atoms with Gasteiger partial charge in [0.25, 0.3) is 0 Å². The molecule has 1 heterocycles. The second-order valence-electron chi connectivity index (χ2n) is 5.99. The van der Waals surface area contributed by atoms with Gasteiger partial charge in [0.05, 0.1) is 0 Å². The van der Waals surface area contributed by atoms with E-state index in [1.807, 2.05) is 91.0 Å². The van der Waals surface area contributed by atoms with Gasteiger partial charge in [-0.15, -0.1) is 0 Å². The van der Waals surface area contributed by atoms with E-state index in [1.165, 1.54) is 0 Å². The number of rotatable bonds is 5. The van der Waals surface area contributed by atoms with Gasteiger partial charge in [-0.2, -0.15) is 0 Å². The number of hydrogen-bond acceptors (Lipinski definition) is 4. The van der Waals surface area contributed by atoms with Gasteiger partial charge in [0.1, 0.15) is 6.61 Å². The Bertz CT molecular complexity index is 1030. The molecule has 0 atom stereocenters. The lowest BCUT2D eigenvalue weighted by molar-refractivity contribution is 0.0467. The maximum atomic E-state index is 12.7. The molecule has 4 heteroatoms. The molecular formula is C23H17NO3. The van der Waals surface area contributed by atoms with Crippen LogP contribution >= 0.6 is 0 Å². The van der Waals surface area contributed by atoms with Crippen molar-refractivity contribution in [3.63, 3.8) is 0 Å². The van der Waals surface area contributed by atoms with Crippen molar-refractivity contribution in [3.8, 4) is 22.8 Å². The van der Waals surface area contributed by atoms with Gasteiger partial charge < -0.3 is 9.15 Å². The van der Waals surface area contributed by atoms with Gasteiger partial charge in [0.2, 0.25) is 5.89 Å². The first-order valence-corrected chi connectivity index (χ1v) is 8.64.